The number of hydrogen-bond acceptors (Lipinski definition) is 3. The van der Waals surface area contributed by atoms with Gasteiger partial charge in [0.1, 0.15) is 0 Å². The summed E-state index contributed by atoms with van der Waals surface area (Å²) in [6, 6.07) is 7.36. The lowest BCUT2D eigenvalue weighted by Gasteiger charge is -2.34. The summed E-state index contributed by atoms with van der Waals surface area (Å²) in [4.78, 5) is 2.42. The van der Waals surface area contributed by atoms with Gasteiger partial charge in [0, 0.05) is 38.5 Å². The Kier molecular flexibility index (Phi) is 4.61. The third-order valence-corrected chi connectivity index (χ3v) is 3.76. The maximum absolute atomic E-state index is 5.43. The fourth-order valence-electron chi connectivity index (χ4n) is 2.70. The summed E-state index contributed by atoms with van der Waals surface area (Å²) in [5, 5.41) is 3.19. The second-order valence-corrected chi connectivity index (χ2v) is 5.11. The van der Waals surface area contributed by atoms with Crippen molar-refractivity contribution in [2.45, 2.75) is 32.4 Å². The molecule has 0 aromatic heterocycles. The SMILES string of the molecule is CNCc1ccc(N(C)C2CCOCC2)c(C)c1. The van der Waals surface area contributed by atoms with Gasteiger partial charge in [-0.2, -0.15) is 0 Å². The predicted octanol–water partition coefficient (Wildman–Crippen LogP) is 2.33. The number of anilines is 1. The van der Waals surface area contributed by atoms with Gasteiger partial charge >= 0.3 is 0 Å². The number of nitrogens with one attached hydrogen (secondary N) is 1. The molecule has 100 valence electrons. The summed E-state index contributed by atoms with van der Waals surface area (Å²) in [6.45, 7) is 4.92. The number of ether oxygens (including phenoxy) is 1. The lowest BCUT2D eigenvalue weighted by atomic mass is 10.0. The van der Waals surface area contributed by atoms with Crippen LogP contribution in [0.5, 0.6) is 0 Å². The Morgan fingerprint density at radius 3 is 2.67 bits per heavy atom. The van der Waals surface area contributed by atoms with Crippen LogP contribution in [-0.4, -0.2) is 33.4 Å². The molecule has 3 nitrogen and oxygen atoms in total. The highest BCUT2D eigenvalue weighted by atomic mass is 16.5. The second kappa shape index (κ2) is 6.21. The van der Waals surface area contributed by atoms with Crippen molar-refractivity contribution in [1.29, 1.82) is 0 Å². The van der Waals surface area contributed by atoms with Crippen molar-refractivity contribution in [3.63, 3.8) is 0 Å². The van der Waals surface area contributed by atoms with Crippen LogP contribution in [-0.2, 0) is 11.3 Å². The quantitative estimate of drug-likeness (QED) is 0.885. The molecule has 1 aliphatic heterocycles. The number of rotatable bonds is 4. The van der Waals surface area contributed by atoms with Crippen LogP contribution in [0.2, 0.25) is 0 Å². The van der Waals surface area contributed by atoms with Crippen molar-refractivity contribution in [3.05, 3.63) is 29.3 Å². The fraction of sp³-hybridized carbons (Fsp3) is 0.600. The van der Waals surface area contributed by atoms with Crippen molar-refractivity contribution >= 4 is 5.69 Å². The van der Waals surface area contributed by atoms with Gasteiger partial charge in [0.05, 0.1) is 0 Å². The van der Waals surface area contributed by atoms with Crippen LogP contribution in [0.25, 0.3) is 0 Å². The Labute approximate surface area is 110 Å². The first kappa shape index (κ1) is 13.4. The first-order valence-corrected chi connectivity index (χ1v) is 6.77. The number of benzene rings is 1. The van der Waals surface area contributed by atoms with E-state index in [0.29, 0.717) is 6.04 Å². The molecule has 0 radical (unpaired) electrons. The molecule has 1 fully saturated rings. The molecule has 18 heavy (non-hydrogen) atoms. The van der Waals surface area contributed by atoms with Gasteiger partial charge in [-0.1, -0.05) is 12.1 Å². The van der Waals surface area contributed by atoms with E-state index < -0.39 is 0 Å². The van der Waals surface area contributed by atoms with Crippen LogP contribution < -0.4 is 10.2 Å². The van der Waals surface area contributed by atoms with E-state index in [4.69, 9.17) is 4.74 Å². The Bertz CT molecular complexity index is 386. The molecule has 0 spiro atoms. The van der Waals surface area contributed by atoms with Crippen molar-refractivity contribution in [2.75, 3.05) is 32.2 Å². The minimum absolute atomic E-state index is 0.618. The van der Waals surface area contributed by atoms with Crippen molar-refractivity contribution in [3.8, 4) is 0 Å². The van der Waals surface area contributed by atoms with Crippen molar-refractivity contribution in [1.82, 2.24) is 5.32 Å². The van der Waals surface area contributed by atoms with Gasteiger partial charge in [0.2, 0.25) is 0 Å². The molecule has 0 saturated carbocycles. The zero-order valence-corrected chi connectivity index (χ0v) is 11.7. The maximum Gasteiger partial charge on any atom is 0.0485 e. The molecule has 0 aliphatic carbocycles. The van der Waals surface area contributed by atoms with Crippen LogP contribution in [0.1, 0.15) is 24.0 Å². The highest BCUT2D eigenvalue weighted by Crippen LogP contribution is 2.25. The Morgan fingerprint density at radius 1 is 1.33 bits per heavy atom. The Hall–Kier alpha value is -1.06. The molecule has 1 aliphatic rings. The van der Waals surface area contributed by atoms with Crippen LogP contribution >= 0.6 is 0 Å². The van der Waals surface area contributed by atoms with Crippen molar-refractivity contribution in [2.24, 2.45) is 0 Å². The van der Waals surface area contributed by atoms with E-state index in [2.05, 4.69) is 42.4 Å². The molecule has 2 rings (SSSR count). The van der Waals surface area contributed by atoms with E-state index in [-0.39, 0.29) is 0 Å². The van der Waals surface area contributed by atoms with Gasteiger partial charge < -0.3 is 15.0 Å². The summed E-state index contributed by atoms with van der Waals surface area (Å²) < 4.78 is 5.43. The van der Waals surface area contributed by atoms with Gasteiger partial charge in [0.15, 0.2) is 0 Å². The lowest BCUT2D eigenvalue weighted by molar-refractivity contribution is 0.0854. The zero-order chi connectivity index (χ0) is 13.0. The molecule has 1 saturated heterocycles. The highest BCUT2D eigenvalue weighted by molar-refractivity contribution is 5.54. The van der Waals surface area contributed by atoms with E-state index in [0.717, 1.165) is 32.6 Å². The molecule has 1 N–H and O–H groups in total. The van der Waals surface area contributed by atoms with Crippen molar-refractivity contribution < 1.29 is 4.74 Å². The number of aryl methyl sites for hydroxylation is 1. The van der Waals surface area contributed by atoms with E-state index in [1.165, 1.54) is 16.8 Å². The maximum atomic E-state index is 5.43. The monoisotopic (exact) mass is 248 g/mol. The lowest BCUT2D eigenvalue weighted by Crippen LogP contribution is -2.37. The molecule has 1 aromatic rings. The largest absolute Gasteiger partial charge is 0.381 e. The van der Waals surface area contributed by atoms with Crippen LogP contribution in [0.3, 0.4) is 0 Å². The van der Waals surface area contributed by atoms with Gasteiger partial charge in [0.25, 0.3) is 0 Å². The predicted molar refractivity (Wildman–Crippen MR) is 76.2 cm³/mol. The van der Waals surface area contributed by atoms with Gasteiger partial charge in [-0.15, -0.1) is 0 Å². The summed E-state index contributed by atoms with van der Waals surface area (Å²) in [5.41, 5.74) is 4.05. The van der Waals surface area contributed by atoms with Crippen LogP contribution in [0, 0.1) is 6.92 Å². The Balaban J connectivity index is 2.11. The van der Waals surface area contributed by atoms with E-state index in [9.17, 15) is 0 Å². The molecule has 0 bridgehead atoms. The molecule has 0 amide bonds. The van der Waals surface area contributed by atoms with E-state index in [1.807, 2.05) is 7.05 Å². The van der Waals surface area contributed by atoms with Gasteiger partial charge in [-0.3, -0.25) is 0 Å². The first-order valence-electron chi connectivity index (χ1n) is 6.77. The summed E-state index contributed by atoms with van der Waals surface area (Å²) in [6.07, 6.45) is 2.27. The summed E-state index contributed by atoms with van der Waals surface area (Å²) >= 11 is 0. The minimum atomic E-state index is 0.618. The van der Waals surface area contributed by atoms with E-state index in [1.54, 1.807) is 0 Å². The second-order valence-electron chi connectivity index (χ2n) is 5.11. The molecule has 3 heteroatoms. The topological polar surface area (TPSA) is 24.5 Å². The normalized spacial score (nSPS) is 16.8. The molecule has 1 aromatic carbocycles. The Morgan fingerprint density at radius 2 is 2.06 bits per heavy atom. The number of hydrogen-bond donors (Lipinski definition) is 1. The van der Waals surface area contributed by atoms with Crippen LogP contribution in [0.15, 0.2) is 18.2 Å². The highest BCUT2D eigenvalue weighted by Gasteiger charge is 2.19. The van der Waals surface area contributed by atoms with E-state index >= 15 is 0 Å². The zero-order valence-electron chi connectivity index (χ0n) is 11.7. The van der Waals surface area contributed by atoms with Gasteiger partial charge in [-0.25, -0.2) is 0 Å². The molecule has 0 unspecified atom stereocenters. The summed E-state index contributed by atoms with van der Waals surface area (Å²) in [5.74, 6) is 0. The fourth-order valence-corrected chi connectivity index (χ4v) is 2.70. The molecular formula is C15H24N2O. The summed E-state index contributed by atoms with van der Waals surface area (Å²) in [7, 11) is 4.19. The first-order chi connectivity index (χ1) is 8.72. The van der Waals surface area contributed by atoms with Crippen LogP contribution in [0.4, 0.5) is 5.69 Å². The standard InChI is InChI=1S/C15H24N2O/c1-12-10-13(11-16-2)4-5-15(12)17(3)14-6-8-18-9-7-14/h4-5,10,14,16H,6-9,11H2,1-3H3. The minimum Gasteiger partial charge on any atom is -0.381 e. The molecular weight excluding hydrogens is 224 g/mol. The molecule has 0 atom stereocenters. The van der Waals surface area contributed by atoms with Gasteiger partial charge in [-0.05, 0) is 44.0 Å². The third-order valence-electron chi connectivity index (χ3n) is 3.76. The average molecular weight is 248 g/mol. The smallest absolute Gasteiger partial charge is 0.0485 e. The average Bonchev–Trinajstić information content (AvgIpc) is 2.40. The number of nitrogens with zero attached hydrogens (tertiary/aromatic N) is 1. The molecule has 1 heterocycles. The third kappa shape index (κ3) is 3.03.